The van der Waals surface area contributed by atoms with Crippen molar-refractivity contribution in [1.82, 2.24) is 4.98 Å². The summed E-state index contributed by atoms with van der Waals surface area (Å²) >= 11 is 1.45. The Bertz CT molecular complexity index is 1380. The minimum absolute atomic E-state index is 0.109. The number of aryl methyl sites for hydroxylation is 4. The minimum atomic E-state index is -0.570. The quantitative estimate of drug-likeness (QED) is 0.431. The van der Waals surface area contributed by atoms with Crippen molar-refractivity contribution < 1.29 is 9.21 Å². The first-order chi connectivity index (χ1) is 14.9. The summed E-state index contributed by atoms with van der Waals surface area (Å²) in [5.41, 5.74) is 4.58. The Hall–Kier alpha value is -3.25. The van der Waals surface area contributed by atoms with Gasteiger partial charge in [0.25, 0.3) is 5.91 Å². The van der Waals surface area contributed by atoms with Gasteiger partial charge in [-0.2, -0.15) is 0 Å². The molecule has 2 aromatic carbocycles. The van der Waals surface area contributed by atoms with Crippen molar-refractivity contribution in [1.29, 1.82) is 0 Å². The summed E-state index contributed by atoms with van der Waals surface area (Å²) in [4.78, 5) is 34.5. The molecule has 0 saturated heterocycles. The van der Waals surface area contributed by atoms with E-state index in [0.717, 1.165) is 33.7 Å². The third kappa shape index (κ3) is 3.01. The summed E-state index contributed by atoms with van der Waals surface area (Å²) in [7, 11) is 0. The van der Waals surface area contributed by atoms with Crippen molar-refractivity contribution in [2.45, 2.75) is 40.2 Å². The predicted molar refractivity (Wildman–Crippen MR) is 123 cm³/mol. The summed E-state index contributed by atoms with van der Waals surface area (Å²) in [5, 5.41) is 1.09. The molecule has 1 unspecified atom stereocenters. The summed E-state index contributed by atoms with van der Waals surface area (Å²) in [6.45, 7) is 7.96. The predicted octanol–water partition coefficient (Wildman–Crippen LogP) is 5.49. The first-order valence-corrected chi connectivity index (χ1v) is 11.1. The molecule has 1 atom stereocenters. The van der Waals surface area contributed by atoms with E-state index in [9.17, 15) is 9.59 Å². The Kier molecular flexibility index (Phi) is 4.55. The maximum atomic E-state index is 13.7. The van der Waals surface area contributed by atoms with Crippen molar-refractivity contribution in [3.05, 3.63) is 91.3 Å². The molecular weight excluding hydrogens is 408 g/mol. The van der Waals surface area contributed by atoms with E-state index in [0.29, 0.717) is 21.7 Å². The fourth-order valence-corrected chi connectivity index (χ4v) is 5.00. The summed E-state index contributed by atoms with van der Waals surface area (Å²) in [5.74, 6) is -0.217. The second-order valence-corrected chi connectivity index (χ2v) is 9.17. The zero-order chi connectivity index (χ0) is 21.9. The fourth-order valence-electron chi connectivity index (χ4n) is 4.06. The first kappa shape index (κ1) is 19.7. The summed E-state index contributed by atoms with van der Waals surface area (Å²) < 4.78 is 6.05. The summed E-state index contributed by atoms with van der Waals surface area (Å²) in [6, 6.07) is 12.9. The smallest absolute Gasteiger partial charge is 0.297 e. The van der Waals surface area contributed by atoms with Crippen LogP contribution in [-0.2, 0) is 6.42 Å². The number of fused-ring (bicyclic) bond motifs is 2. The normalized spacial score (nSPS) is 15.7. The van der Waals surface area contributed by atoms with Gasteiger partial charge in [0.15, 0.2) is 10.6 Å². The van der Waals surface area contributed by atoms with Crippen molar-refractivity contribution in [3.8, 4) is 0 Å². The highest BCUT2D eigenvalue weighted by molar-refractivity contribution is 7.15. The van der Waals surface area contributed by atoms with Gasteiger partial charge in [-0.05, 0) is 50.5 Å². The molecule has 0 saturated carbocycles. The molecule has 0 aliphatic carbocycles. The Morgan fingerprint density at radius 2 is 1.81 bits per heavy atom. The molecule has 1 aliphatic heterocycles. The lowest BCUT2D eigenvalue weighted by atomic mass is 9.97. The number of nitrogens with zero attached hydrogens (tertiary/aromatic N) is 2. The molecule has 0 bridgehead atoms. The van der Waals surface area contributed by atoms with Gasteiger partial charge in [-0.1, -0.05) is 42.8 Å². The van der Waals surface area contributed by atoms with E-state index in [1.54, 1.807) is 11.0 Å². The highest BCUT2D eigenvalue weighted by Crippen LogP contribution is 2.43. The number of anilines is 1. The Balaban J connectivity index is 1.81. The van der Waals surface area contributed by atoms with Crippen LogP contribution < -0.4 is 10.3 Å². The van der Waals surface area contributed by atoms with E-state index >= 15 is 0 Å². The van der Waals surface area contributed by atoms with E-state index in [1.165, 1.54) is 11.3 Å². The van der Waals surface area contributed by atoms with E-state index < -0.39 is 6.04 Å². The van der Waals surface area contributed by atoms with Gasteiger partial charge in [0.2, 0.25) is 5.76 Å². The zero-order valence-electron chi connectivity index (χ0n) is 17.9. The molecular formula is C25H22N2O3S. The first-order valence-electron chi connectivity index (χ1n) is 10.3. The Labute approximate surface area is 184 Å². The molecule has 5 nitrogen and oxygen atoms in total. The molecule has 2 aromatic heterocycles. The fraction of sp³-hybridized carbons (Fsp3) is 0.240. The monoisotopic (exact) mass is 430 g/mol. The van der Waals surface area contributed by atoms with Crippen LogP contribution in [0.2, 0.25) is 0 Å². The van der Waals surface area contributed by atoms with Crippen LogP contribution in [0.1, 0.15) is 56.3 Å². The molecule has 1 amide bonds. The number of hydrogen-bond donors (Lipinski definition) is 0. The summed E-state index contributed by atoms with van der Waals surface area (Å²) in [6.07, 6.45) is 0.816. The van der Waals surface area contributed by atoms with Crippen molar-refractivity contribution in [2.75, 3.05) is 4.90 Å². The Morgan fingerprint density at radius 3 is 2.45 bits per heavy atom. The molecule has 1 aliphatic rings. The van der Waals surface area contributed by atoms with E-state index in [-0.39, 0.29) is 17.1 Å². The number of aromatic nitrogens is 1. The maximum absolute atomic E-state index is 13.7. The lowest BCUT2D eigenvalue weighted by Crippen LogP contribution is -2.29. The molecule has 5 rings (SSSR count). The molecule has 0 radical (unpaired) electrons. The molecule has 0 fully saturated rings. The molecule has 6 heteroatoms. The van der Waals surface area contributed by atoms with Gasteiger partial charge in [0, 0.05) is 4.88 Å². The average Bonchev–Trinajstić information content (AvgIpc) is 3.25. The number of thiazole rings is 1. The number of hydrogen-bond acceptors (Lipinski definition) is 5. The van der Waals surface area contributed by atoms with Gasteiger partial charge in [-0.25, -0.2) is 4.98 Å². The van der Waals surface area contributed by atoms with Crippen LogP contribution in [0.5, 0.6) is 0 Å². The van der Waals surface area contributed by atoms with Crippen LogP contribution in [0.15, 0.2) is 51.7 Å². The van der Waals surface area contributed by atoms with Gasteiger partial charge in [0.1, 0.15) is 5.58 Å². The zero-order valence-corrected chi connectivity index (χ0v) is 18.7. The standard InChI is InChI=1S/C25H22N2O3S/c1-5-16-8-11-19-18(12-16)22(28)20-21(17-9-6-13(2)7-10-17)27(24(29)23(20)30-19)25-26-14(3)15(4)31-25/h6-12,21H,5H2,1-4H3. The van der Waals surface area contributed by atoms with Gasteiger partial charge < -0.3 is 4.42 Å². The number of benzene rings is 2. The van der Waals surface area contributed by atoms with E-state index in [2.05, 4.69) is 4.98 Å². The number of rotatable bonds is 3. The van der Waals surface area contributed by atoms with E-state index in [1.807, 2.05) is 64.1 Å². The average molecular weight is 431 g/mol. The highest BCUT2D eigenvalue weighted by atomic mass is 32.1. The molecule has 0 N–H and O–H groups in total. The number of carbonyl (C=O) groups is 1. The molecule has 3 heterocycles. The molecule has 31 heavy (non-hydrogen) atoms. The second kappa shape index (κ2) is 7.17. The lowest BCUT2D eigenvalue weighted by molar-refractivity contribution is 0.0971. The highest BCUT2D eigenvalue weighted by Gasteiger charge is 2.45. The van der Waals surface area contributed by atoms with Crippen LogP contribution in [0.25, 0.3) is 11.0 Å². The second-order valence-electron chi connectivity index (χ2n) is 7.98. The van der Waals surface area contributed by atoms with Gasteiger partial charge in [0.05, 0.1) is 22.7 Å². The molecule has 4 aromatic rings. The lowest BCUT2D eigenvalue weighted by Gasteiger charge is -2.22. The topological polar surface area (TPSA) is 63.4 Å². The van der Waals surface area contributed by atoms with Gasteiger partial charge in [-0.15, -0.1) is 11.3 Å². The number of carbonyl (C=O) groups excluding carboxylic acids is 1. The largest absolute Gasteiger partial charge is 0.450 e. The maximum Gasteiger partial charge on any atom is 0.297 e. The van der Waals surface area contributed by atoms with Crippen molar-refractivity contribution in [2.24, 2.45) is 0 Å². The van der Waals surface area contributed by atoms with Crippen molar-refractivity contribution >= 4 is 33.3 Å². The van der Waals surface area contributed by atoms with Crippen LogP contribution >= 0.6 is 11.3 Å². The van der Waals surface area contributed by atoms with Crippen LogP contribution in [0, 0.1) is 20.8 Å². The van der Waals surface area contributed by atoms with Crippen LogP contribution in [-0.4, -0.2) is 10.9 Å². The Morgan fingerprint density at radius 1 is 1.06 bits per heavy atom. The molecule has 156 valence electrons. The third-order valence-corrected chi connectivity index (χ3v) is 7.03. The van der Waals surface area contributed by atoms with Crippen molar-refractivity contribution in [3.63, 3.8) is 0 Å². The minimum Gasteiger partial charge on any atom is -0.450 e. The van der Waals surface area contributed by atoms with Crippen LogP contribution in [0.3, 0.4) is 0 Å². The third-order valence-electron chi connectivity index (χ3n) is 5.96. The number of amides is 1. The van der Waals surface area contributed by atoms with E-state index in [4.69, 9.17) is 4.42 Å². The van der Waals surface area contributed by atoms with Gasteiger partial charge in [-0.3, -0.25) is 14.5 Å². The van der Waals surface area contributed by atoms with Crippen LogP contribution in [0.4, 0.5) is 5.13 Å². The molecule has 0 spiro atoms. The van der Waals surface area contributed by atoms with Gasteiger partial charge >= 0.3 is 0 Å². The SMILES string of the molecule is CCc1ccc2oc3c(c(=O)c2c1)C(c1ccc(C)cc1)N(c1nc(C)c(C)s1)C3=O.